The maximum Gasteiger partial charge on any atom is 0.236 e. The third-order valence-corrected chi connectivity index (χ3v) is 6.76. The zero-order chi connectivity index (χ0) is 24.6. The highest BCUT2D eigenvalue weighted by atomic mass is 19.1. The van der Waals surface area contributed by atoms with E-state index in [-0.39, 0.29) is 11.7 Å². The molecule has 0 aliphatic carbocycles. The minimum absolute atomic E-state index is 0.0946. The van der Waals surface area contributed by atoms with Gasteiger partial charge < -0.3 is 14.6 Å². The fourth-order valence-electron chi connectivity index (χ4n) is 4.71. The van der Waals surface area contributed by atoms with Crippen LogP contribution < -0.4 is 5.32 Å². The zero-order valence-corrected chi connectivity index (χ0v) is 19.9. The fraction of sp³-hybridized carbons (Fsp3) is 0.172. The number of nitrogens with zero attached hydrogens (tertiary/aromatic N) is 3. The summed E-state index contributed by atoms with van der Waals surface area (Å²) in [7, 11) is 1.81. The number of hydrogen-bond donors (Lipinski definition) is 1. The summed E-state index contributed by atoms with van der Waals surface area (Å²) in [6.07, 6.45) is 3.44. The number of rotatable bonds is 5. The van der Waals surface area contributed by atoms with Gasteiger partial charge in [0.25, 0.3) is 0 Å². The number of nitrogens with one attached hydrogen (secondary N) is 1. The molecule has 0 radical (unpaired) electrons. The van der Waals surface area contributed by atoms with Crippen molar-refractivity contribution in [1.82, 2.24) is 14.8 Å². The van der Waals surface area contributed by atoms with E-state index in [1.165, 1.54) is 0 Å². The van der Waals surface area contributed by atoms with Gasteiger partial charge in [-0.2, -0.15) is 0 Å². The highest BCUT2D eigenvalue weighted by molar-refractivity contribution is 5.96. The molecule has 5 aromatic rings. The van der Waals surface area contributed by atoms with Crippen LogP contribution in [0.3, 0.4) is 0 Å². The van der Waals surface area contributed by atoms with Crippen LogP contribution in [0.4, 0.5) is 15.8 Å². The minimum Gasteiger partial charge on any atom is -0.464 e. The van der Waals surface area contributed by atoms with Gasteiger partial charge in [0, 0.05) is 60.6 Å². The average Bonchev–Trinajstić information content (AvgIpc) is 3.34. The van der Waals surface area contributed by atoms with Crippen LogP contribution in [0.5, 0.6) is 0 Å². The van der Waals surface area contributed by atoms with Crippen LogP contribution in [0.15, 0.2) is 83.6 Å². The SMILES string of the molecule is CN1CCN(Cc2ccc(-c3ccc4nccc(Nc5ccc6occc6c5)c4c3)c(F)c2)CC1=O. The molecule has 6 nitrogen and oxygen atoms in total. The predicted molar refractivity (Wildman–Crippen MR) is 140 cm³/mol. The number of anilines is 2. The highest BCUT2D eigenvalue weighted by Crippen LogP contribution is 2.32. The zero-order valence-electron chi connectivity index (χ0n) is 19.9. The molecule has 3 heterocycles. The Morgan fingerprint density at radius 1 is 1.03 bits per heavy atom. The molecule has 1 N–H and O–H groups in total. The highest BCUT2D eigenvalue weighted by Gasteiger charge is 2.21. The van der Waals surface area contributed by atoms with Gasteiger partial charge in [-0.3, -0.25) is 14.7 Å². The molecule has 3 aromatic carbocycles. The summed E-state index contributed by atoms with van der Waals surface area (Å²) in [6, 6.07) is 20.9. The maximum absolute atomic E-state index is 15.3. The Labute approximate surface area is 208 Å². The van der Waals surface area contributed by atoms with Crippen molar-refractivity contribution in [2.75, 3.05) is 32.0 Å². The first kappa shape index (κ1) is 22.2. The number of hydrogen-bond acceptors (Lipinski definition) is 5. The average molecular weight is 481 g/mol. The Morgan fingerprint density at radius 2 is 1.94 bits per heavy atom. The van der Waals surface area contributed by atoms with Gasteiger partial charge in [0.15, 0.2) is 0 Å². The molecule has 180 valence electrons. The van der Waals surface area contributed by atoms with Crippen molar-refractivity contribution in [3.63, 3.8) is 0 Å². The summed E-state index contributed by atoms with van der Waals surface area (Å²) in [5.74, 6) is -0.187. The van der Waals surface area contributed by atoms with Crippen molar-refractivity contribution >= 4 is 39.2 Å². The number of carbonyl (C=O) groups excluding carboxylic acids is 1. The summed E-state index contributed by atoms with van der Waals surface area (Å²) in [4.78, 5) is 20.3. The van der Waals surface area contributed by atoms with Crippen molar-refractivity contribution in [3.05, 3.63) is 90.6 Å². The Balaban J connectivity index is 1.28. The Morgan fingerprint density at radius 3 is 2.81 bits per heavy atom. The molecule has 1 saturated heterocycles. The topological polar surface area (TPSA) is 61.6 Å². The molecule has 2 aromatic heterocycles. The van der Waals surface area contributed by atoms with Crippen LogP contribution >= 0.6 is 0 Å². The van der Waals surface area contributed by atoms with Crippen LogP contribution in [-0.2, 0) is 11.3 Å². The first-order chi connectivity index (χ1) is 17.5. The third kappa shape index (κ3) is 4.29. The van der Waals surface area contributed by atoms with Crippen LogP contribution in [0.25, 0.3) is 33.0 Å². The van der Waals surface area contributed by atoms with E-state index in [1.54, 1.807) is 23.4 Å². The van der Waals surface area contributed by atoms with E-state index < -0.39 is 0 Å². The van der Waals surface area contributed by atoms with Gasteiger partial charge in [-0.1, -0.05) is 18.2 Å². The normalized spacial score (nSPS) is 14.6. The number of amides is 1. The number of piperazine rings is 1. The van der Waals surface area contributed by atoms with Crippen molar-refractivity contribution in [3.8, 4) is 11.1 Å². The summed E-state index contributed by atoms with van der Waals surface area (Å²) in [6.45, 7) is 2.39. The van der Waals surface area contributed by atoms with Crippen LogP contribution in [-0.4, -0.2) is 47.4 Å². The van der Waals surface area contributed by atoms with Crippen LogP contribution in [0.2, 0.25) is 0 Å². The van der Waals surface area contributed by atoms with Crippen molar-refractivity contribution in [1.29, 1.82) is 0 Å². The van der Waals surface area contributed by atoms with Gasteiger partial charge in [-0.05, 0) is 59.7 Å². The molecule has 1 amide bonds. The molecule has 0 atom stereocenters. The van der Waals surface area contributed by atoms with Crippen LogP contribution in [0.1, 0.15) is 5.56 Å². The fourth-order valence-corrected chi connectivity index (χ4v) is 4.71. The van der Waals surface area contributed by atoms with Gasteiger partial charge in [0.1, 0.15) is 11.4 Å². The predicted octanol–water partition coefficient (Wildman–Crippen LogP) is 5.80. The molecular formula is C29H25FN4O2. The second kappa shape index (κ2) is 9.09. The quantitative estimate of drug-likeness (QED) is 0.344. The first-order valence-corrected chi connectivity index (χ1v) is 11.9. The Hall–Kier alpha value is -4.23. The Bertz CT molecular complexity index is 1600. The Kier molecular flexibility index (Phi) is 5.62. The smallest absolute Gasteiger partial charge is 0.236 e. The van der Waals surface area contributed by atoms with E-state index in [0.717, 1.165) is 50.9 Å². The molecule has 1 aliphatic rings. The number of pyridine rings is 1. The molecule has 0 unspecified atom stereocenters. The second-order valence-electron chi connectivity index (χ2n) is 9.23. The molecule has 0 spiro atoms. The van der Waals surface area contributed by atoms with E-state index in [4.69, 9.17) is 4.42 Å². The number of halogens is 1. The van der Waals surface area contributed by atoms with Crippen molar-refractivity contribution < 1.29 is 13.6 Å². The van der Waals surface area contributed by atoms with Gasteiger partial charge in [-0.15, -0.1) is 0 Å². The molecule has 7 heteroatoms. The van der Waals surface area contributed by atoms with Crippen LogP contribution in [0, 0.1) is 5.82 Å². The van der Waals surface area contributed by atoms with Gasteiger partial charge in [0.05, 0.1) is 18.3 Å². The number of benzene rings is 3. The number of carbonyl (C=O) groups is 1. The van der Waals surface area contributed by atoms with Gasteiger partial charge in [-0.25, -0.2) is 4.39 Å². The lowest BCUT2D eigenvalue weighted by molar-refractivity contribution is -0.134. The van der Waals surface area contributed by atoms with Crippen molar-refractivity contribution in [2.24, 2.45) is 0 Å². The number of fused-ring (bicyclic) bond motifs is 2. The van der Waals surface area contributed by atoms with Crippen molar-refractivity contribution in [2.45, 2.75) is 6.54 Å². The monoisotopic (exact) mass is 480 g/mol. The van der Waals surface area contributed by atoms with Gasteiger partial charge >= 0.3 is 0 Å². The van der Waals surface area contributed by atoms with E-state index in [1.807, 2.05) is 67.7 Å². The second-order valence-corrected chi connectivity index (χ2v) is 9.23. The standard InChI is InChI=1S/C29H25FN4O2/c1-33-11-12-34(18-29(33)35)17-19-2-5-23(25(30)14-19)20-3-6-26-24(16-20)27(8-10-31-26)32-22-4-7-28-21(15-22)9-13-36-28/h2-10,13-16H,11-12,17-18H2,1H3,(H,31,32). The lowest BCUT2D eigenvalue weighted by Gasteiger charge is -2.31. The number of likely N-dealkylation sites (N-methyl/N-ethyl adjacent to an activating group) is 1. The van der Waals surface area contributed by atoms with E-state index in [2.05, 4.69) is 15.2 Å². The van der Waals surface area contributed by atoms with Gasteiger partial charge in [0.2, 0.25) is 5.91 Å². The molecule has 36 heavy (non-hydrogen) atoms. The van der Waals surface area contributed by atoms with E-state index >= 15 is 4.39 Å². The molecule has 6 rings (SSSR count). The summed E-state index contributed by atoms with van der Waals surface area (Å²) >= 11 is 0. The summed E-state index contributed by atoms with van der Waals surface area (Å²) < 4.78 is 20.7. The largest absolute Gasteiger partial charge is 0.464 e. The summed E-state index contributed by atoms with van der Waals surface area (Å²) in [5, 5.41) is 5.39. The molecular weight excluding hydrogens is 455 g/mol. The number of furan rings is 1. The van der Waals surface area contributed by atoms with E-state index in [9.17, 15) is 4.79 Å². The number of aromatic nitrogens is 1. The maximum atomic E-state index is 15.3. The molecule has 0 bridgehead atoms. The first-order valence-electron chi connectivity index (χ1n) is 11.9. The summed E-state index contributed by atoms with van der Waals surface area (Å²) in [5.41, 5.74) is 5.65. The molecule has 1 fully saturated rings. The van der Waals surface area contributed by atoms with E-state index in [0.29, 0.717) is 25.2 Å². The third-order valence-electron chi connectivity index (χ3n) is 6.76. The lowest BCUT2D eigenvalue weighted by atomic mass is 10.00. The molecule has 1 aliphatic heterocycles. The molecule has 0 saturated carbocycles. The minimum atomic E-state index is -0.281. The lowest BCUT2D eigenvalue weighted by Crippen LogP contribution is -2.47.